The van der Waals surface area contributed by atoms with Crippen LogP contribution in [0.15, 0.2) is 48.5 Å². The van der Waals surface area contributed by atoms with Crippen LogP contribution in [-0.4, -0.2) is 49.6 Å². The van der Waals surface area contributed by atoms with Crippen LogP contribution in [0.25, 0.3) is 0 Å². The number of benzene rings is 2. The van der Waals surface area contributed by atoms with Gasteiger partial charge in [-0.25, -0.2) is 0 Å². The normalized spacial score (nSPS) is 12.4. The third kappa shape index (κ3) is 7.18. The number of ether oxygens (including phenoxy) is 3. The second kappa shape index (κ2) is 12.6. The Morgan fingerprint density at radius 2 is 1.53 bits per heavy atom. The SMILES string of the molecule is CC[C@@H](C)NC(=O)[C@H](CC)N(Cc1ccccc1)C(=O)COc1cc(OC)cc(OC)c1. The predicted molar refractivity (Wildman–Crippen MR) is 124 cm³/mol. The molecule has 0 aliphatic rings. The zero-order chi connectivity index (χ0) is 23.5. The molecule has 0 saturated carbocycles. The van der Waals surface area contributed by atoms with E-state index in [1.54, 1.807) is 37.3 Å². The number of methoxy groups -OCH3 is 2. The van der Waals surface area contributed by atoms with Crippen LogP contribution in [0.1, 0.15) is 39.2 Å². The summed E-state index contributed by atoms with van der Waals surface area (Å²) in [5, 5.41) is 3.00. The monoisotopic (exact) mass is 442 g/mol. The highest BCUT2D eigenvalue weighted by atomic mass is 16.5. The van der Waals surface area contributed by atoms with Gasteiger partial charge in [-0.05, 0) is 25.3 Å². The first kappa shape index (κ1) is 25.0. The summed E-state index contributed by atoms with van der Waals surface area (Å²) in [5.74, 6) is 1.14. The van der Waals surface area contributed by atoms with E-state index in [-0.39, 0.29) is 24.5 Å². The molecule has 0 saturated heterocycles. The summed E-state index contributed by atoms with van der Waals surface area (Å²) in [5.41, 5.74) is 0.943. The van der Waals surface area contributed by atoms with Gasteiger partial charge in [0.1, 0.15) is 23.3 Å². The molecular weight excluding hydrogens is 408 g/mol. The molecule has 0 aliphatic carbocycles. The van der Waals surface area contributed by atoms with Gasteiger partial charge in [0.25, 0.3) is 5.91 Å². The number of hydrogen-bond acceptors (Lipinski definition) is 5. The molecule has 2 aromatic rings. The fourth-order valence-corrected chi connectivity index (χ4v) is 3.23. The van der Waals surface area contributed by atoms with Crippen molar-refractivity contribution in [3.05, 3.63) is 54.1 Å². The van der Waals surface area contributed by atoms with Crippen molar-refractivity contribution in [1.82, 2.24) is 10.2 Å². The van der Waals surface area contributed by atoms with Crippen molar-refractivity contribution in [3.8, 4) is 17.2 Å². The lowest BCUT2D eigenvalue weighted by molar-refractivity contribution is -0.143. The molecule has 2 atom stereocenters. The maximum atomic E-state index is 13.2. The summed E-state index contributed by atoms with van der Waals surface area (Å²) in [7, 11) is 3.10. The predicted octanol–water partition coefficient (Wildman–Crippen LogP) is 3.80. The van der Waals surface area contributed by atoms with Crippen LogP contribution in [-0.2, 0) is 16.1 Å². The summed E-state index contributed by atoms with van der Waals surface area (Å²) in [6.07, 6.45) is 1.31. The molecule has 32 heavy (non-hydrogen) atoms. The van der Waals surface area contributed by atoms with E-state index < -0.39 is 6.04 Å². The first-order valence-electron chi connectivity index (χ1n) is 10.9. The van der Waals surface area contributed by atoms with Crippen molar-refractivity contribution < 1.29 is 23.8 Å². The van der Waals surface area contributed by atoms with Crippen LogP contribution < -0.4 is 19.5 Å². The zero-order valence-corrected chi connectivity index (χ0v) is 19.6. The van der Waals surface area contributed by atoms with Gasteiger partial charge in [0.05, 0.1) is 14.2 Å². The first-order valence-corrected chi connectivity index (χ1v) is 10.9. The quantitative estimate of drug-likeness (QED) is 0.541. The van der Waals surface area contributed by atoms with E-state index >= 15 is 0 Å². The maximum Gasteiger partial charge on any atom is 0.261 e. The van der Waals surface area contributed by atoms with Crippen LogP contribution in [0, 0.1) is 0 Å². The second-order valence-corrected chi connectivity index (χ2v) is 7.59. The van der Waals surface area contributed by atoms with E-state index in [0.29, 0.717) is 30.2 Å². The number of hydrogen-bond donors (Lipinski definition) is 1. The molecule has 0 aromatic heterocycles. The zero-order valence-electron chi connectivity index (χ0n) is 19.6. The lowest BCUT2D eigenvalue weighted by Crippen LogP contribution is -2.51. The Labute approximate surface area is 190 Å². The van der Waals surface area contributed by atoms with Crippen molar-refractivity contribution in [2.75, 3.05) is 20.8 Å². The molecule has 0 heterocycles. The Bertz CT molecular complexity index is 850. The first-order chi connectivity index (χ1) is 15.4. The van der Waals surface area contributed by atoms with Gasteiger partial charge in [0, 0.05) is 30.8 Å². The fourth-order valence-electron chi connectivity index (χ4n) is 3.23. The molecule has 1 N–H and O–H groups in total. The van der Waals surface area contributed by atoms with E-state index in [1.165, 1.54) is 0 Å². The molecule has 2 aromatic carbocycles. The smallest absolute Gasteiger partial charge is 0.261 e. The minimum absolute atomic E-state index is 0.0331. The summed E-state index contributed by atoms with van der Waals surface area (Å²) < 4.78 is 16.3. The maximum absolute atomic E-state index is 13.2. The van der Waals surface area contributed by atoms with Gasteiger partial charge in [0.2, 0.25) is 5.91 Å². The molecule has 0 bridgehead atoms. The van der Waals surface area contributed by atoms with Crippen LogP contribution in [0.4, 0.5) is 0 Å². The average molecular weight is 443 g/mol. The molecule has 174 valence electrons. The highest BCUT2D eigenvalue weighted by Gasteiger charge is 2.29. The van der Waals surface area contributed by atoms with Gasteiger partial charge >= 0.3 is 0 Å². The molecule has 7 nitrogen and oxygen atoms in total. The second-order valence-electron chi connectivity index (χ2n) is 7.59. The summed E-state index contributed by atoms with van der Waals surface area (Å²) in [6.45, 7) is 5.97. The Morgan fingerprint density at radius 1 is 0.938 bits per heavy atom. The molecule has 2 rings (SSSR count). The molecule has 0 radical (unpaired) electrons. The number of carbonyl (C=O) groups excluding carboxylic acids is 2. The minimum Gasteiger partial charge on any atom is -0.496 e. The van der Waals surface area contributed by atoms with Gasteiger partial charge in [-0.2, -0.15) is 0 Å². The molecule has 0 spiro atoms. The highest BCUT2D eigenvalue weighted by Crippen LogP contribution is 2.27. The largest absolute Gasteiger partial charge is 0.496 e. The van der Waals surface area contributed by atoms with Crippen LogP contribution in [0.3, 0.4) is 0 Å². The fraction of sp³-hybridized carbons (Fsp3) is 0.440. The van der Waals surface area contributed by atoms with E-state index in [1.807, 2.05) is 51.1 Å². The van der Waals surface area contributed by atoms with Crippen molar-refractivity contribution in [3.63, 3.8) is 0 Å². The van der Waals surface area contributed by atoms with Gasteiger partial charge in [0.15, 0.2) is 6.61 Å². The molecule has 2 amide bonds. The molecule has 0 aliphatic heterocycles. The van der Waals surface area contributed by atoms with Crippen molar-refractivity contribution in [2.24, 2.45) is 0 Å². The van der Waals surface area contributed by atoms with Gasteiger partial charge in [-0.15, -0.1) is 0 Å². The minimum atomic E-state index is -0.597. The third-order valence-electron chi connectivity index (χ3n) is 5.27. The van der Waals surface area contributed by atoms with E-state index in [2.05, 4.69) is 5.32 Å². The molecular formula is C25H34N2O5. The van der Waals surface area contributed by atoms with Crippen LogP contribution in [0.2, 0.25) is 0 Å². The lowest BCUT2D eigenvalue weighted by atomic mass is 10.1. The number of nitrogens with one attached hydrogen (secondary N) is 1. The lowest BCUT2D eigenvalue weighted by Gasteiger charge is -2.31. The molecule has 0 fully saturated rings. The van der Waals surface area contributed by atoms with Gasteiger partial charge in [-0.3, -0.25) is 9.59 Å². The Morgan fingerprint density at radius 3 is 2.06 bits per heavy atom. The number of nitrogens with zero attached hydrogens (tertiary/aromatic N) is 1. The van der Waals surface area contributed by atoms with Crippen LogP contribution >= 0.6 is 0 Å². The van der Waals surface area contributed by atoms with E-state index in [9.17, 15) is 9.59 Å². The number of amides is 2. The summed E-state index contributed by atoms with van der Waals surface area (Å²) in [6, 6.07) is 14.2. The standard InChI is InChI=1S/C25H34N2O5/c1-6-18(3)26-25(29)23(7-2)27(16-19-11-9-8-10-12-19)24(28)17-32-22-14-20(30-4)13-21(15-22)31-5/h8-15,18,23H,6-7,16-17H2,1-5H3,(H,26,29)/t18-,23+/m1/s1. The Hall–Kier alpha value is -3.22. The average Bonchev–Trinajstić information content (AvgIpc) is 2.82. The molecule has 7 heteroatoms. The van der Waals surface area contributed by atoms with Crippen molar-refractivity contribution >= 4 is 11.8 Å². The number of rotatable bonds is 12. The van der Waals surface area contributed by atoms with Crippen molar-refractivity contribution in [2.45, 2.75) is 52.2 Å². The van der Waals surface area contributed by atoms with Gasteiger partial charge < -0.3 is 24.4 Å². The van der Waals surface area contributed by atoms with Crippen molar-refractivity contribution in [1.29, 1.82) is 0 Å². The van der Waals surface area contributed by atoms with Crippen LogP contribution in [0.5, 0.6) is 17.2 Å². The Balaban J connectivity index is 2.22. The summed E-state index contributed by atoms with van der Waals surface area (Å²) >= 11 is 0. The highest BCUT2D eigenvalue weighted by molar-refractivity contribution is 5.88. The topological polar surface area (TPSA) is 77.1 Å². The molecule has 0 unspecified atom stereocenters. The number of carbonyl (C=O) groups is 2. The van der Waals surface area contributed by atoms with E-state index in [0.717, 1.165) is 12.0 Å². The summed E-state index contributed by atoms with van der Waals surface area (Å²) in [4.78, 5) is 27.8. The Kier molecular flexibility index (Phi) is 9.85. The third-order valence-corrected chi connectivity index (χ3v) is 5.27. The van der Waals surface area contributed by atoms with E-state index in [4.69, 9.17) is 14.2 Å². The van der Waals surface area contributed by atoms with Gasteiger partial charge in [-0.1, -0.05) is 44.2 Å².